The molecule has 2 aromatic rings. The van der Waals surface area contributed by atoms with Crippen LogP contribution >= 0.6 is 0 Å². The molecule has 1 atom stereocenters. The topological polar surface area (TPSA) is 53.9 Å². The van der Waals surface area contributed by atoms with Gasteiger partial charge in [-0.1, -0.05) is 13.8 Å². The number of aromatic nitrogens is 3. The fourth-order valence-corrected chi connectivity index (χ4v) is 3.91. The molecule has 23 heavy (non-hydrogen) atoms. The van der Waals surface area contributed by atoms with E-state index in [4.69, 9.17) is 0 Å². The molecule has 3 rings (SSSR count). The molecule has 0 saturated carbocycles. The van der Waals surface area contributed by atoms with Gasteiger partial charge in [0, 0.05) is 25.3 Å². The number of nitrogens with one attached hydrogen (secondary N) is 1. The summed E-state index contributed by atoms with van der Waals surface area (Å²) in [5.74, 6) is 1.48. The molecular formula is C18H28N4O. The molecule has 1 unspecified atom stereocenters. The molecule has 2 aromatic heterocycles. The lowest BCUT2D eigenvalue weighted by Crippen LogP contribution is -2.36. The lowest BCUT2D eigenvalue weighted by molar-refractivity contribution is 0.347. The highest BCUT2D eigenvalue weighted by molar-refractivity contribution is 5.86. The van der Waals surface area contributed by atoms with E-state index in [1.807, 2.05) is 13.8 Å². The molecule has 0 aliphatic carbocycles. The maximum atomic E-state index is 12.2. The van der Waals surface area contributed by atoms with Crippen LogP contribution in [-0.4, -0.2) is 27.6 Å². The highest BCUT2D eigenvalue weighted by atomic mass is 16.1. The van der Waals surface area contributed by atoms with Gasteiger partial charge < -0.3 is 9.88 Å². The van der Waals surface area contributed by atoms with E-state index in [0.29, 0.717) is 6.54 Å². The quantitative estimate of drug-likeness (QED) is 0.941. The van der Waals surface area contributed by atoms with Gasteiger partial charge in [-0.2, -0.15) is 0 Å². The zero-order chi connectivity index (χ0) is 16.6. The third-order valence-electron chi connectivity index (χ3n) is 4.82. The van der Waals surface area contributed by atoms with Crippen LogP contribution < -0.4 is 10.6 Å². The monoisotopic (exact) mass is 316 g/mol. The van der Waals surface area contributed by atoms with Crippen molar-refractivity contribution in [1.29, 1.82) is 0 Å². The number of H-pyrrole nitrogens is 1. The lowest BCUT2D eigenvalue weighted by atomic mass is 9.89. The van der Waals surface area contributed by atoms with E-state index in [9.17, 15) is 4.79 Å². The third kappa shape index (κ3) is 3.14. The zero-order valence-electron chi connectivity index (χ0n) is 14.7. The van der Waals surface area contributed by atoms with Gasteiger partial charge in [0.2, 0.25) is 0 Å². The molecule has 1 saturated heterocycles. The van der Waals surface area contributed by atoms with E-state index in [0.717, 1.165) is 47.5 Å². The molecule has 0 radical (unpaired) electrons. The molecule has 0 bridgehead atoms. The highest BCUT2D eigenvalue weighted by Gasteiger charge is 2.24. The summed E-state index contributed by atoms with van der Waals surface area (Å²) in [6, 6.07) is 2.12. The Balaban J connectivity index is 2.00. The Morgan fingerprint density at radius 2 is 2.22 bits per heavy atom. The summed E-state index contributed by atoms with van der Waals surface area (Å²) in [5, 5.41) is 0. The summed E-state index contributed by atoms with van der Waals surface area (Å²) in [7, 11) is 0. The molecule has 1 aliphatic rings. The van der Waals surface area contributed by atoms with Gasteiger partial charge in [-0.3, -0.25) is 4.57 Å². The van der Waals surface area contributed by atoms with Crippen LogP contribution in [0.2, 0.25) is 0 Å². The van der Waals surface area contributed by atoms with Crippen LogP contribution in [0.3, 0.4) is 0 Å². The zero-order valence-corrected chi connectivity index (χ0v) is 14.7. The summed E-state index contributed by atoms with van der Waals surface area (Å²) in [6.45, 7) is 11.4. The largest absolute Gasteiger partial charge is 0.369 e. The number of nitrogens with zero attached hydrogens (tertiary/aromatic N) is 3. The second-order valence-corrected chi connectivity index (χ2v) is 7.24. The number of pyridine rings is 1. The van der Waals surface area contributed by atoms with Gasteiger partial charge in [-0.25, -0.2) is 9.78 Å². The second-order valence-electron chi connectivity index (χ2n) is 7.24. The van der Waals surface area contributed by atoms with E-state index < -0.39 is 0 Å². The van der Waals surface area contributed by atoms with Crippen LogP contribution in [0.5, 0.6) is 0 Å². The van der Waals surface area contributed by atoms with E-state index in [1.165, 1.54) is 19.3 Å². The fraction of sp³-hybridized carbons (Fsp3) is 0.667. The van der Waals surface area contributed by atoms with E-state index in [2.05, 4.69) is 34.8 Å². The average molecular weight is 316 g/mol. The number of aromatic amines is 1. The van der Waals surface area contributed by atoms with Gasteiger partial charge in [0.25, 0.3) is 0 Å². The third-order valence-corrected chi connectivity index (χ3v) is 4.82. The Morgan fingerprint density at radius 3 is 2.91 bits per heavy atom. The van der Waals surface area contributed by atoms with Gasteiger partial charge >= 0.3 is 5.69 Å². The average Bonchev–Trinajstić information content (AvgIpc) is 2.81. The smallest absolute Gasteiger partial charge is 0.327 e. The molecule has 126 valence electrons. The Bertz CT molecular complexity index is 743. The number of hydrogen-bond acceptors (Lipinski definition) is 3. The molecule has 0 spiro atoms. The van der Waals surface area contributed by atoms with Crippen LogP contribution in [0.1, 0.15) is 45.7 Å². The lowest BCUT2D eigenvalue weighted by Gasteiger charge is -2.35. The summed E-state index contributed by atoms with van der Waals surface area (Å²) in [5.41, 5.74) is 3.74. The number of rotatable bonds is 4. The maximum Gasteiger partial charge on any atom is 0.327 e. The summed E-state index contributed by atoms with van der Waals surface area (Å²) < 4.78 is 1.72. The number of imidazole rings is 1. The van der Waals surface area contributed by atoms with Gasteiger partial charge in [0.1, 0.15) is 5.52 Å². The summed E-state index contributed by atoms with van der Waals surface area (Å²) in [4.78, 5) is 22.2. The van der Waals surface area contributed by atoms with E-state index >= 15 is 0 Å². The minimum Gasteiger partial charge on any atom is -0.369 e. The number of anilines is 1. The van der Waals surface area contributed by atoms with Crippen molar-refractivity contribution in [2.24, 2.45) is 11.8 Å². The molecule has 0 aromatic carbocycles. The first-order valence-electron chi connectivity index (χ1n) is 8.84. The van der Waals surface area contributed by atoms with Crippen LogP contribution in [0.25, 0.3) is 11.2 Å². The van der Waals surface area contributed by atoms with Crippen molar-refractivity contribution in [3.05, 3.63) is 22.2 Å². The number of fused-ring (bicyclic) bond motifs is 1. The van der Waals surface area contributed by atoms with E-state index in [1.54, 1.807) is 4.57 Å². The normalized spacial score (nSPS) is 19.0. The summed E-state index contributed by atoms with van der Waals surface area (Å²) >= 11 is 0. The Kier molecular flexibility index (Phi) is 4.46. The van der Waals surface area contributed by atoms with Crippen molar-refractivity contribution in [3.8, 4) is 0 Å². The molecule has 1 N–H and O–H groups in total. The minimum absolute atomic E-state index is 0.0578. The highest BCUT2D eigenvalue weighted by Crippen LogP contribution is 2.31. The van der Waals surface area contributed by atoms with Crippen molar-refractivity contribution < 1.29 is 0 Å². The fourth-order valence-electron chi connectivity index (χ4n) is 3.91. The number of hydrogen-bond donors (Lipinski definition) is 1. The standard InChI is InChI=1S/C18H28N4O/c1-5-22-17-16(20-18(22)23)15(10-13(4)19-17)21-8-6-7-14(11-21)9-12(2)3/h10,12,14H,5-9,11H2,1-4H3,(H,20,23). The molecule has 5 heteroatoms. The molecule has 3 heterocycles. The van der Waals surface area contributed by atoms with Gasteiger partial charge in [-0.15, -0.1) is 0 Å². The van der Waals surface area contributed by atoms with Crippen molar-refractivity contribution in [3.63, 3.8) is 0 Å². The van der Waals surface area contributed by atoms with Crippen molar-refractivity contribution in [1.82, 2.24) is 14.5 Å². The van der Waals surface area contributed by atoms with Crippen LogP contribution in [0.15, 0.2) is 10.9 Å². The number of piperidine rings is 1. The van der Waals surface area contributed by atoms with E-state index in [-0.39, 0.29) is 5.69 Å². The van der Waals surface area contributed by atoms with Crippen molar-refractivity contribution in [2.75, 3.05) is 18.0 Å². The first-order chi connectivity index (χ1) is 11.0. The van der Waals surface area contributed by atoms with Crippen LogP contribution in [0.4, 0.5) is 5.69 Å². The van der Waals surface area contributed by atoms with Crippen molar-refractivity contribution in [2.45, 2.75) is 53.5 Å². The number of aryl methyl sites for hydroxylation is 2. The van der Waals surface area contributed by atoms with Gasteiger partial charge in [-0.05, 0) is 51.0 Å². The maximum absolute atomic E-state index is 12.2. The first-order valence-corrected chi connectivity index (χ1v) is 8.84. The molecule has 1 aliphatic heterocycles. The van der Waals surface area contributed by atoms with Gasteiger partial charge in [0.15, 0.2) is 5.65 Å². The molecule has 0 amide bonds. The first kappa shape index (κ1) is 16.1. The molecular weight excluding hydrogens is 288 g/mol. The second kappa shape index (κ2) is 6.38. The Labute approximate surface area is 137 Å². The summed E-state index contributed by atoms with van der Waals surface area (Å²) in [6.07, 6.45) is 3.81. The Morgan fingerprint density at radius 1 is 1.43 bits per heavy atom. The Hall–Kier alpha value is -1.78. The van der Waals surface area contributed by atoms with Gasteiger partial charge in [0.05, 0.1) is 5.69 Å². The molecule has 1 fully saturated rings. The van der Waals surface area contributed by atoms with Crippen molar-refractivity contribution >= 4 is 16.9 Å². The van der Waals surface area contributed by atoms with Crippen LogP contribution in [-0.2, 0) is 6.54 Å². The predicted molar refractivity (Wildman–Crippen MR) is 95.2 cm³/mol. The SMILES string of the molecule is CCn1c(=O)[nH]c2c(N3CCCC(CC(C)C)C3)cc(C)nc21. The molecule has 5 nitrogen and oxygen atoms in total. The minimum atomic E-state index is -0.0578. The van der Waals surface area contributed by atoms with Crippen LogP contribution in [0, 0.1) is 18.8 Å². The predicted octanol–water partition coefficient (Wildman–Crippen LogP) is 3.32.